The molecule has 1 aromatic heterocycles. The lowest BCUT2D eigenvalue weighted by Gasteiger charge is -2.30. The summed E-state index contributed by atoms with van der Waals surface area (Å²) < 4.78 is 11.3. The average molecular weight is 518 g/mol. The van der Waals surface area contributed by atoms with Crippen LogP contribution >= 0.6 is 12.2 Å². The average Bonchev–Trinajstić information content (AvgIpc) is 3.34. The number of rotatable bonds is 5. The van der Waals surface area contributed by atoms with Crippen LogP contribution in [-0.4, -0.2) is 47.2 Å². The van der Waals surface area contributed by atoms with Crippen LogP contribution in [0.1, 0.15) is 15.9 Å². The van der Waals surface area contributed by atoms with Crippen LogP contribution in [0, 0.1) is 17.0 Å². The second-order valence-electron chi connectivity index (χ2n) is 8.48. The van der Waals surface area contributed by atoms with Crippen molar-refractivity contribution in [2.24, 2.45) is 0 Å². The van der Waals surface area contributed by atoms with Crippen LogP contribution in [0.2, 0.25) is 0 Å². The Morgan fingerprint density at radius 2 is 1.89 bits per heavy atom. The van der Waals surface area contributed by atoms with Gasteiger partial charge in [-0.15, -0.1) is 0 Å². The highest BCUT2D eigenvalue weighted by Crippen LogP contribution is 2.29. The molecule has 0 aliphatic carbocycles. The number of hydrogen-bond donors (Lipinski definition) is 2. The van der Waals surface area contributed by atoms with E-state index in [4.69, 9.17) is 21.4 Å². The summed E-state index contributed by atoms with van der Waals surface area (Å²) in [6.45, 7) is 4.06. The predicted molar refractivity (Wildman–Crippen MR) is 144 cm³/mol. The number of benzene rings is 3. The highest BCUT2D eigenvalue weighted by molar-refractivity contribution is 7.80. The lowest BCUT2D eigenvalue weighted by atomic mass is 10.1. The minimum atomic E-state index is -0.546. The molecular weight excluding hydrogens is 494 g/mol. The van der Waals surface area contributed by atoms with Gasteiger partial charge in [-0.05, 0) is 55.0 Å². The number of ether oxygens (including phenoxy) is 1. The highest BCUT2D eigenvalue weighted by atomic mass is 32.1. The van der Waals surface area contributed by atoms with Crippen LogP contribution in [0.15, 0.2) is 65.1 Å². The molecular formula is C26H23N5O5S. The van der Waals surface area contributed by atoms with Gasteiger partial charge in [0, 0.05) is 36.5 Å². The maximum atomic E-state index is 13.2. The fourth-order valence-corrected chi connectivity index (χ4v) is 4.31. The van der Waals surface area contributed by atoms with Gasteiger partial charge in [0.2, 0.25) is 5.89 Å². The number of aryl methyl sites for hydroxylation is 1. The molecule has 0 radical (unpaired) electrons. The summed E-state index contributed by atoms with van der Waals surface area (Å²) in [6, 6.07) is 17.4. The number of nitro groups is 1. The molecule has 1 saturated heterocycles. The number of morpholine rings is 1. The van der Waals surface area contributed by atoms with Gasteiger partial charge in [0.05, 0.1) is 29.4 Å². The zero-order valence-electron chi connectivity index (χ0n) is 19.9. The number of nitrogens with zero attached hydrogens (tertiary/aromatic N) is 3. The fraction of sp³-hybridized carbons (Fsp3) is 0.192. The van der Waals surface area contributed by atoms with E-state index >= 15 is 0 Å². The van der Waals surface area contributed by atoms with Gasteiger partial charge in [-0.1, -0.05) is 18.2 Å². The van der Waals surface area contributed by atoms with Crippen LogP contribution in [0.3, 0.4) is 0 Å². The molecule has 1 amide bonds. The largest absolute Gasteiger partial charge is 0.436 e. The molecule has 1 aliphatic rings. The van der Waals surface area contributed by atoms with Crippen LogP contribution in [0.4, 0.5) is 17.1 Å². The highest BCUT2D eigenvalue weighted by Gasteiger charge is 2.23. The molecule has 5 rings (SSSR count). The smallest absolute Gasteiger partial charge is 0.270 e. The number of oxazole rings is 1. The van der Waals surface area contributed by atoms with Crippen molar-refractivity contribution < 1.29 is 18.9 Å². The number of nitro benzene ring substituents is 1. The van der Waals surface area contributed by atoms with E-state index in [0.717, 1.165) is 16.6 Å². The van der Waals surface area contributed by atoms with Gasteiger partial charge < -0.3 is 19.4 Å². The molecule has 0 bridgehead atoms. The third-order valence-corrected chi connectivity index (χ3v) is 6.25. The number of carbonyl (C=O) groups excluding carboxylic acids is 1. The minimum absolute atomic E-state index is 0.0576. The molecule has 10 nitrogen and oxygen atoms in total. The molecule has 11 heteroatoms. The predicted octanol–water partition coefficient (Wildman–Crippen LogP) is 4.67. The normalized spacial score (nSPS) is 13.4. The van der Waals surface area contributed by atoms with Gasteiger partial charge in [-0.2, -0.15) is 0 Å². The van der Waals surface area contributed by atoms with Crippen molar-refractivity contribution in [3.05, 3.63) is 81.9 Å². The third kappa shape index (κ3) is 5.27. The molecule has 4 aromatic rings. The molecule has 0 saturated carbocycles. The third-order valence-electron chi connectivity index (χ3n) is 6.04. The molecule has 0 atom stereocenters. The Balaban J connectivity index is 1.36. The Bertz CT molecular complexity index is 1480. The summed E-state index contributed by atoms with van der Waals surface area (Å²) >= 11 is 5.42. The molecule has 1 fully saturated rings. The van der Waals surface area contributed by atoms with E-state index in [0.29, 0.717) is 49.2 Å². The topological polar surface area (TPSA) is 123 Å². The number of aromatic nitrogens is 1. The lowest BCUT2D eigenvalue weighted by Crippen LogP contribution is -2.39. The zero-order chi connectivity index (χ0) is 25.9. The fourth-order valence-electron chi connectivity index (χ4n) is 4.11. The van der Waals surface area contributed by atoms with Crippen LogP contribution < -0.4 is 15.5 Å². The van der Waals surface area contributed by atoms with E-state index in [2.05, 4.69) is 15.6 Å². The van der Waals surface area contributed by atoms with E-state index in [1.165, 1.54) is 12.1 Å². The van der Waals surface area contributed by atoms with E-state index in [-0.39, 0.29) is 16.4 Å². The molecule has 0 unspecified atom stereocenters. The summed E-state index contributed by atoms with van der Waals surface area (Å²) in [5, 5.41) is 17.1. The quantitative estimate of drug-likeness (QED) is 0.221. The molecule has 2 N–H and O–H groups in total. The first-order chi connectivity index (χ1) is 17.9. The summed E-state index contributed by atoms with van der Waals surface area (Å²) in [4.78, 5) is 30.5. The van der Waals surface area contributed by atoms with E-state index in [1.54, 1.807) is 6.07 Å². The number of thiocarbonyl (C=S) groups is 1. The molecule has 1 aliphatic heterocycles. The minimum Gasteiger partial charge on any atom is -0.436 e. The van der Waals surface area contributed by atoms with Crippen molar-refractivity contribution in [1.29, 1.82) is 0 Å². The van der Waals surface area contributed by atoms with Crippen LogP contribution in [-0.2, 0) is 4.74 Å². The van der Waals surface area contributed by atoms with E-state index in [9.17, 15) is 14.9 Å². The standard InChI is InChI=1S/C26H23N5O5S/c1-16-6-7-17(25-27-20-4-2-3-5-23(20)36-25)14-21(16)28-26(37)29-24(32)19-15-18(31(33)34)8-9-22(19)30-10-12-35-13-11-30/h2-9,14-15H,10-13H2,1H3,(H2,28,29,32,37). The van der Waals surface area contributed by atoms with Gasteiger partial charge in [0.15, 0.2) is 10.7 Å². The number of fused-ring (bicyclic) bond motifs is 1. The lowest BCUT2D eigenvalue weighted by molar-refractivity contribution is -0.384. The number of hydrogen-bond acceptors (Lipinski definition) is 8. The molecule has 3 aromatic carbocycles. The van der Waals surface area contributed by atoms with E-state index < -0.39 is 10.8 Å². The van der Waals surface area contributed by atoms with Gasteiger partial charge in [-0.25, -0.2) is 4.98 Å². The van der Waals surface area contributed by atoms with Gasteiger partial charge in [-0.3, -0.25) is 20.2 Å². The Labute approximate surface area is 217 Å². The van der Waals surface area contributed by atoms with Crippen molar-refractivity contribution >= 4 is 51.4 Å². The van der Waals surface area contributed by atoms with Gasteiger partial charge in [0.1, 0.15) is 5.52 Å². The second kappa shape index (κ2) is 10.3. The molecule has 188 valence electrons. The van der Waals surface area contributed by atoms with Gasteiger partial charge >= 0.3 is 0 Å². The first kappa shape index (κ1) is 24.3. The first-order valence-electron chi connectivity index (χ1n) is 11.6. The number of amides is 1. The Kier molecular flexibility index (Phi) is 6.80. The second-order valence-corrected chi connectivity index (χ2v) is 8.89. The zero-order valence-corrected chi connectivity index (χ0v) is 20.7. The van der Waals surface area contributed by atoms with Crippen molar-refractivity contribution in [2.75, 3.05) is 36.5 Å². The summed E-state index contributed by atoms with van der Waals surface area (Å²) in [7, 11) is 0. The van der Waals surface area contributed by atoms with Gasteiger partial charge in [0.25, 0.3) is 11.6 Å². The van der Waals surface area contributed by atoms with Crippen molar-refractivity contribution in [1.82, 2.24) is 10.3 Å². The number of nitrogens with one attached hydrogen (secondary N) is 2. The van der Waals surface area contributed by atoms with Crippen LogP contribution in [0.25, 0.3) is 22.6 Å². The number of carbonyl (C=O) groups is 1. The Morgan fingerprint density at radius 3 is 2.65 bits per heavy atom. The molecule has 0 spiro atoms. The molecule has 2 heterocycles. The van der Waals surface area contributed by atoms with E-state index in [1.807, 2.05) is 54.3 Å². The monoisotopic (exact) mass is 517 g/mol. The maximum Gasteiger partial charge on any atom is 0.270 e. The number of non-ortho nitro benzene ring substituents is 1. The number of para-hydroxylation sites is 2. The summed E-state index contributed by atoms with van der Waals surface area (Å²) in [5.41, 5.74) is 4.31. The summed E-state index contributed by atoms with van der Waals surface area (Å²) in [6.07, 6.45) is 0. The van der Waals surface area contributed by atoms with Crippen LogP contribution in [0.5, 0.6) is 0 Å². The number of anilines is 2. The Morgan fingerprint density at radius 1 is 1.11 bits per heavy atom. The summed E-state index contributed by atoms with van der Waals surface area (Å²) in [5.74, 6) is -0.0820. The van der Waals surface area contributed by atoms with Crippen molar-refractivity contribution in [3.63, 3.8) is 0 Å². The SMILES string of the molecule is Cc1ccc(-c2nc3ccccc3o2)cc1NC(=S)NC(=O)c1cc([N+](=O)[O-])ccc1N1CCOCC1. The van der Waals surface area contributed by atoms with Crippen molar-refractivity contribution in [2.45, 2.75) is 6.92 Å². The maximum absolute atomic E-state index is 13.2. The van der Waals surface area contributed by atoms with Crippen molar-refractivity contribution in [3.8, 4) is 11.5 Å². The first-order valence-corrected chi connectivity index (χ1v) is 12.0. The molecule has 37 heavy (non-hydrogen) atoms. The Hall–Kier alpha value is -4.35.